The van der Waals surface area contributed by atoms with Crippen LogP contribution in [-0.2, 0) is 7.05 Å². The van der Waals surface area contributed by atoms with Gasteiger partial charge in [-0.25, -0.2) is 0 Å². The number of carbonyl (C=O) groups excluding carboxylic acids is 1. The molecule has 19 heavy (non-hydrogen) atoms. The zero-order chi connectivity index (χ0) is 13.7. The molecule has 1 amide bonds. The number of hydrogen-bond donors (Lipinski definition) is 2. The lowest BCUT2D eigenvalue weighted by atomic mass is 10.1. The number of aromatic nitrogens is 1. The molecule has 2 N–H and O–H groups in total. The second-order valence-electron chi connectivity index (χ2n) is 4.47. The van der Waals surface area contributed by atoms with Crippen LogP contribution < -0.4 is 5.32 Å². The van der Waals surface area contributed by atoms with Gasteiger partial charge in [-0.15, -0.1) is 0 Å². The second kappa shape index (κ2) is 6.20. The molecular formula is C15H18N2O2. The first-order valence-corrected chi connectivity index (χ1v) is 6.31. The molecular weight excluding hydrogens is 240 g/mol. The summed E-state index contributed by atoms with van der Waals surface area (Å²) >= 11 is 0. The molecule has 0 fully saturated rings. The fourth-order valence-corrected chi connectivity index (χ4v) is 1.98. The van der Waals surface area contributed by atoms with E-state index in [1.807, 2.05) is 48.1 Å². The van der Waals surface area contributed by atoms with Gasteiger partial charge in [-0.3, -0.25) is 4.79 Å². The Balaban J connectivity index is 1.81. The number of nitrogens with zero attached hydrogens (tertiary/aromatic N) is 1. The van der Waals surface area contributed by atoms with Crippen molar-refractivity contribution in [2.45, 2.75) is 12.5 Å². The summed E-state index contributed by atoms with van der Waals surface area (Å²) < 4.78 is 1.88. The van der Waals surface area contributed by atoms with Gasteiger partial charge in [0.2, 0.25) is 0 Å². The van der Waals surface area contributed by atoms with Crippen LogP contribution in [0.15, 0.2) is 48.7 Å². The summed E-state index contributed by atoms with van der Waals surface area (Å²) in [6.07, 6.45) is 1.83. The molecule has 1 aromatic heterocycles. The monoisotopic (exact) mass is 258 g/mol. The van der Waals surface area contributed by atoms with Crippen LogP contribution in [0, 0.1) is 0 Å². The highest BCUT2D eigenvalue weighted by Gasteiger charge is 2.11. The number of aryl methyl sites for hydroxylation is 1. The van der Waals surface area contributed by atoms with Gasteiger partial charge in [0, 0.05) is 31.0 Å². The number of benzene rings is 1. The van der Waals surface area contributed by atoms with Crippen LogP contribution >= 0.6 is 0 Å². The summed E-state index contributed by atoms with van der Waals surface area (Å²) in [4.78, 5) is 11.8. The van der Waals surface area contributed by atoms with E-state index in [-0.39, 0.29) is 5.91 Å². The summed E-state index contributed by atoms with van der Waals surface area (Å²) in [6, 6.07) is 12.8. The first-order valence-electron chi connectivity index (χ1n) is 6.31. The lowest BCUT2D eigenvalue weighted by molar-refractivity contribution is 0.0941. The highest BCUT2D eigenvalue weighted by Crippen LogP contribution is 2.15. The maximum atomic E-state index is 11.8. The van der Waals surface area contributed by atoms with E-state index in [4.69, 9.17) is 0 Å². The van der Waals surface area contributed by atoms with E-state index < -0.39 is 6.10 Å². The SMILES string of the molecule is Cn1cccc1C(O)CCNC(=O)c1ccccc1. The van der Waals surface area contributed by atoms with Crippen LogP contribution in [0.4, 0.5) is 0 Å². The summed E-state index contributed by atoms with van der Waals surface area (Å²) in [5.74, 6) is -0.111. The number of amides is 1. The molecule has 0 saturated heterocycles. The van der Waals surface area contributed by atoms with Gasteiger partial charge in [-0.2, -0.15) is 0 Å². The third kappa shape index (κ3) is 3.45. The Morgan fingerprint density at radius 1 is 1.26 bits per heavy atom. The van der Waals surface area contributed by atoms with Crippen molar-refractivity contribution < 1.29 is 9.90 Å². The molecule has 4 heteroatoms. The molecule has 2 aromatic rings. The molecule has 1 atom stereocenters. The Kier molecular flexibility index (Phi) is 4.36. The molecule has 1 unspecified atom stereocenters. The van der Waals surface area contributed by atoms with Crippen molar-refractivity contribution in [1.82, 2.24) is 9.88 Å². The molecule has 1 heterocycles. The van der Waals surface area contributed by atoms with Crippen LogP contribution in [0.2, 0.25) is 0 Å². The summed E-state index contributed by atoms with van der Waals surface area (Å²) in [6.45, 7) is 0.445. The summed E-state index contributed by atoms with van der Waals surface area (Å²) in [5, 5.41) is 12.8. The Labute approximate surface area is 112 Å². The van der Waals surface area contributed by atoms with Crippen molar-refractivity contribution >= 4 is 5.91 Å². The number of nitrogens with one attached hydrogen (secondary N) is 1. The largest absolute Gasteiger partial charge is 0.387 e. The number of hydrogen-bond acceptors (Lipinski definition) is 2. The minimum Gasteiger partial charge on any atom is -0.387 e. The summed E-state index contributed by atoms with van der Waals surface area (Å²) in [7, 11) is 1.89. The smallest absolute Gasteiger partial charge is 0.251 e. The van der Waals surface area contributed by atoms with Gasteiger partial charge in [0.1, 0.15) is 0 Å². The molecule has 100 valence electrons. The highest BCUT2D eigenvalue weighted by molar-refractivity contribution is 5.94. The first kappa shape index (κ1) is 13.4. The van der Waals surface area contributed by atoms with E-state index in [0.29, 0.717) is 18.5 Å². The average molecular weight is 258 g/mol. The molecule has 0 bridgehead atoms. The van der Waals surface area contributed by atoms with Crippen LogP contribution in [-0.4, -0.2) is 22.1 Å². The molecule has 1 aromatic carbocycles. The molecule has 0 aliphatic rings. The molecule has 0 radical (unpaired) electrons. The number of aliphatic hydroxyl groups excluding tert-OH is 1. The number of rotatable bonds is 5. The van der Waals surface area contributed by atoms with Crippen molar-refractivity contribution in [2.75, 3.05) is 6.54 Å². The van der Waals surface area contributed by atoms with Gasteiger partial charge in [-0.05, 0) is 30.7 Å². The van der Waals surface area contributed by atoms with Crippen LogP contribution in [0.3, 0.4) is 0 Å². The van der Waals surface area contributed by atoms with Crippen LogP contribution in [0.25, 0.3) is 0 Å². The predicted octanol–water partition coefficient (Wildman–Crippen LogP) is 1.88. The predicted molar refractivity (Wildman–Crippen MR) is 73.8 cm³/mol. The highest BCUT2D eigenvalue weighted by atomic mass is 16.3. The number of aliphatic hydroxyl groups is 1. The molecule has 0 saturated carbocycles. The zero-order valence-corrected chi connectivity index (χ0v) is 10.9. The van der Waals surface area contributed by atoms with Gasteiger partial charge in [0.25, 0.3) is 5.91 Å². The zero-order valence-electron chi connectivity index (χ0n) is 10.9. The molecule has 4 nitrogen and oxygen atoms in total. The minimum absolute atomic E-state index is 0.111. The van der Waals surface area contributed by atoms with E-state index in [1.165, 1.54) is 0 Å². The van der Waals surface area contributed by atoms with Gasteiger partial charge in [-0.1, -0.05) is 18.2 Å². The molecule has 0 aliphatic carbocycles. The Bertz CT molecular complexity index is 534. The maximum Gasteiger partial charge on any atom is 0.251 e. The standard InChI is InChI=1S/C15H18N2O2/c1-17-11-5-8-13(17)14(18)9-10-16-15(19)12-6-3-2-4-7-12/h2-8,11,14,18H,9-10H2,1H3,(H,16,19). The molecule has 0 aliphatic heterocycles. The maximum absolute atomic E-state index is 11.8. The third-order valence-corrected chi connectivity index (χ3v) is 3.06. The van der Waals surface area contributed by atoms with Gasteiger partial charge in [0.15, 0.2) is 0 Å². The van der Waals surface area contributed by atoms with Crippen molar-refractivity contribution in [2.24, 2.45) is 7.05 Å². The fraction of sp³-hybridized carbons (Fsp3) is 0.267. The van der Waals surface area contributed by atoms with Crippen molar-refractivity contribution in [3.63, 3.8) is 0 Å². The third-order valence-electron chi connectivity index (χ3n) is 3.06. The van der Waals surface area contributed by atoms with Gasteiger partial charge in [0.05, 0.1) is 6.10 Å². The fourth-order valence-electron chi connectivity index (χ4n) is 1.98. The Morgan fingerprint density at radius 2 is 2.00 bits per heavy atom. The molecule has 2 rings (SSSR count). The van der Waals surface area contributed by atoms with E-state index in [2.05, 4.69) is 5.32 Å². The second-order valence-corrected chi connectivity index (χ2v) is 4.47. The molecule has 0 spiro atoms. The Hall–Kier alpha value is -2.07. The topological polar surface area (TPSA) is 54.3 Å². The normalized spacial score (nSPS) is 12.1. The van der Waals surface area contributed by atoms with Crippen LogP contribution in [0.5, 0.6) is 0 Å². The van der Waals surface area contributed by atoms with E-state index >= 15 is 0 Å². The van der Waals surface area contributed by atoms with Crippen molar-refractivity contribution in [1.29, 1.82) is 0 Å². The lowest BCUT2D eigenvalue weighted by Crippen LogP contribution is -2.25. The van der Waals surface area contributed by atoms with Crippen molar-refractivity contribution in [3.05, 3.63) is 59.9 Å². The van der Waals surface area contributed by atoms with Crippen molar-refractivity contribution in [3.8, 4) is 0 Å². The van der Waals surface area contributed by atoms with E-state index in [1.54, 1.807) is 12.1 Å². The van der Waals surface area contributed by atoms with Gasteiger partial charge >= 0.3 is 0 Å². The summed E-state index contributed by atoms with van der Waals surface area (Å²) in [5.41, 5.74) is 1.49. The average Bonchev–Trinajstić information content (AvgIpc) is 2.86. The Morgan fingerprint density at radius 3 is 2.63 bits per heavy atom. The van der Waals surface area contributed by atoms with Crippen LogP contribution in [0.1, 0.15) is 28.6 Å². The quantitative estimate of drug-likeness (QED) is 0.860. The first-order chi connectivity index (χ1) is 9.18. The minimum atomic E-state index is -0.559. The number of carbonyl (C=O) groups is 1. The van der Waals surface area contributed by atoms with Gasteiger partial charge < -0.3 is 15.0 Å². The lowest BCUT2D eigenvalue weighted by Gasteiger charge is -2.12. The van der Waals surface area contributed by atoms with E-state index in [9.17, 15) is 9.90 Å². The van der Waals surface area contributed by atoms with E-state index in [0.717, 1.165) is 5.69 Å².